The van der Waals surface area contributed by atoms with Crippen LogP contribution in [0.25, 0.3) is 0 Å². The quantitative estimate of drug-likeness (QED) is 0.783. The first-order chi connectivity index (χ1) is 9.17. The molecule has 1 atom stereocenters. The molecule has 0 spiro atoms. The minimum atomic E-state index is -0.816. The Morgan fingerprint density at radius 1 is 1.63 bits per heavy atom. The largest absolute Gasteiger partial charge is 0.481 e. The number of aryl methyl sites for hydroxylation is 1. The van der Waals surface area contributed by atoms with E-state index in [0.717, 1.165) is 26.2 Å². The van der Waals surface area contributed by atoms with Gasteiger partial charge in [0.25, 0.3) is 0 Å². The van der Waals surface area contributed by atoms with Crippen molar-refractivity contribution in [2.75, 3.05) is 26.2 Å². The third-order valence-electron chi connectivity index (χ3n) is 3.24. The molecule has 7 nitrogen and oxygen atoms in total. The van der Waals surface area contributed by atoms with Crippen LogP contribution >= 0.6 is 0 Å². The van der Waals surface area contributed by atoms with Crippen LogP contribution in [0.1, 0.15) is 19.0 Å². The standard InChI is InChI=1S/C12H20N4O3/c1-2-15-5-6-19-11(8-15)9-16-7-10(13-14-16)3-4-12(17)18/h7,11H,2-6,8-9H2,1H3,(H,17,18). The number of likely N-dealkylation sites (N-methyl/N-ethyl adjacent to an activating group) is 1. The van der Waals surface area contributed by atoms with Crippen LogP contribution in [0.5, 0.6) is 0 Å². The molecule has 0 aliphatic carbocycles. The molecule has 2 rings (SSSR count). The summed E-state index contributed by atoms with van der Waals surface area (Å²) in [4.78, 5) is 12.8. The highest BCUT2D eigenvalue weighted by atomic mass is 16.5. The monoisotopic (exact) mass is 268 g/mol. The molecule has 2 heterocycles. The first kappa shape index (κ1) is 14.0. The molecule has 19 heavy (non-hydrogen) atoms. The number of carboxylic acid groups (broad SMARTS) is 1. The second-order valence-corrected chi connectivity index (χ2v) is 4.71. The molecule has 1 fully saturated rings. The van der Waals surface area contributed by atoms with Crippen molar-refractivity contribution < 1.29 is 14.6 Å². The van der Waals surface area contributed by atoms with Crippen LogP contribution in [0, 0.1) is 0 Å². The Balaban J connectivity index is 1.83. The average Bonchev–Trinajstić information content (AvgIpc) is 2.84. The maximum absolute atomic E-state index is 10.5. The number of hydrogen-bond acceptors (Lipinski definition) is 5. The second-order valence-electron chi connectivity index (χ2n) is 4.71. The molecular weight excluding hydrogens is 248 g/mol. The molecule has 1 N–H and O–H groups in total. The van der Waals surface area contributed by atoms with Gasteiger partial charge in [0.15, 0.2) is 0 Å². The molecule has 0 saturated carbocycles. The predicted octanol–water partition coefficient (Wildman–Crippen LogP) is 0.0160. The van der Waals surface area contributed by atoms with Crippen LogP contribution in [0.15, 0.2) is 6.20 Å². The fourth-order valence-electron chi connectivity index (χ4n) is 2.16. The van der Waals surface area contributed by atoms with E-state index < -0.39 is 5.97 Å². The zero-order valence-corrected chi connectivity index (χ0v) is 11.2. The Labute approximate surface area is 112 Å². The number of carboxylic acids is 1. The topological polar surface area (TPSA) is 80.5 Å². The molecule has 1 aliphatic rings. The highest BCUT2D eigenvalue weighted by Gasteiger charge is 2.20. The zero-order valence-electron chi connectivity index (χ0n) is 11.2. The lowest BCUT2D eigenvalue weighted by molar-refractivity contribution is -0.136. The number of aromatic nitrogens is 3. The lowest BCUT2D eigenvalue weighted by Crippen LogP contribution is -2.44. The fraction of sp³-hybridized carbons (Fsp3) is 0.750. The van der Waals surface area contributed by atoms with Gasteiger partial charge in [-0.1, -0.05) is 12.1 Å². The zero-order chi connectivity index (χ0) is 13.7. The number of hydrogen-bond donors (Lipinski definition) is 1. The third-order valence-corrected chi connectivity index (χ3v) is 3.24. The van der Waals surface area contributed by atoms with E-state index in [2.05, 4.69) is 22.1 Å². The van der Waals surface area contributed by atoms with Crippen LogP contribution < -0.4 is 0 Å². The molecule has 1 aliphatic heterocycles. The Hall–Kier alpha value is -1.47. The van der Waals surface area contributed by atoms with Gasteiger partial charge in [-0.3, -0.25) is 9.69 Å². The van der Waals surface area contributed by atoms with E-state index in [-0.39, 0.29) is 12.5 Å². The van der Waals surface area contributed by atoms with Gasteiger partial charge in [-0.25, -0.2) is 4.68 Å². The molecule has 1 saturated heterocycles. The van der Waals surface area contributed by atoms with E-state index in [1.54, 1.807) is 10.9 Å². The van der Waals surface area contributed by atoms with Crippen molar-refractivity contribution in [3.63, 3.8) is 0 Å². The number of ether oxygens (including phenoxy) is 1. The minimum absolute atomic E-state index is 0.0855. The van der Waals surface area contributed by atoms with Gasteiger partial charge in [-0.15, -0.1) is 5.10 Å². The predicted molar refractivity (Wildman–Crippen MR) is 67.8 cm³/mol. The van der Waals surface area contributed by atoms with Crippen molar-refractivity contribution in [1.82, 2.24) is 19.9 Å². The van der Waals surface area contributed by atoms with Crippen molar-refractivity contribution >= 4 is 5.97 Å². The summed E-state index contributed by atoms with van der Waals surface area (Å²) >= 11 is 0. The Morgan fingerprint density at radius 2 is 2.47 bits per heavy atom. The summed E-state index contributed by atoms with van der Waals surface area (Å²) < 4.78 is 7.43. The van der Waals surface area contributed by atoms with Gasteiger partial charge >= 0.3 is 5.97 Å². The van der Waals surface area contributed by atoms with E-state index in [1.807, 2.05) is 0 Å². The molecule has 0 amide bonds. The van der Waals surface area contributed by atoms with Gasteiger partial charge in [0.2, 0.25) is 0 Å². The van der Waals surface area contributed by atoms with Crippen molar-refractivity contribution in [2.24, 2.45) is 0 Å². The first-order valence-corrected chi connectivity index (χ1v) is 6.62. The summed E-state index contributed by atoms with van der Waals surface area (Å²) in [6.45, 7) is 6.47. The summed E-state index contributed by atoms with van der Waals surface area (Å²) in [7, 11) is 0. The number of nitrogens with zero attached hydrogens (tertiary/aromatic N) is 4. The van der Waals surface area contributed by atoms with Crippen molar-refractivity contribution in [1.29, 1.82) is 0 Å². The summed E-state index contributed by atoms with van der Waals surface area (Å²) in [5.41, 5.74) is 0.713. The van der Waals surface area contributed by atoms with Gasteiger partial charge in [-0.05, 0) is 6.54 Å². The third kappa shape index (κ3) is 4.29. The van der Waals surface area contributed by atoms with Gasteiger partial charge in [-0.2, -0.15) is 0 Å². The van der Waals surface area contributed by atoms with Gasteiger partial charge < -0.3 is 9.84 Å². The number of morpholine rings is 1. The van der Waals surface area contributed by atoms with Crippen LogP contribution in [0.3, 0.4) is 0 Å². The highest BCUT2D eigenvalue weighted by molar-refractivity contribution is 5.66. The number of carbonyl (C=O) groups is 1. The van der Waals surface area contributed by atoms with E-state index in [1.165, 1.54) is 0 Å². The van der Waals surface area contributed by atoms with Crippen LogP contribution in [0.4, 0.5) is 0 Å². The van der Waals surface area contributed by atoms with Crippen LogP contribution in [-0.2, 0) is 22.5 Å². The summed E-state index contributed by atoms with van der Waals surface area (Å²) in [5.74, 6) is -0.816. The van der Waals surface area contributed by atoms with Crippen LogP contribution in [-0.4, -0.2) is 63.3 Å². The molecule has 106 valence electrons. The van der Waals surface area contributed by atoms with E-state index in [4.69, 9.17) is 9.84 Å². The smallest absolute Gasteiger partial charge is 0.303 e. The average molecular weight is 268 g/mol. The molecule has 7 heteroatoms. The number of aliphatic carboxylic acids is 1. The summed E-state index contributed by atoms with van der Waals surface area (Å²) in [5, 5.41) is 16.6. The van der Waals surface area contributed by atoms with Gasteiger partial charge in [0.1, 0.15) is 0 Å². The SMILES string of the molecule is CCN1CCOC(Cn2cc(CCC(=O)O)nn2)C1. The maximum Gasteiger partial charge on any atom is 0.303 e. The summed E-state index contributed by atoms with van der Waals surface area (Å²) in [6.07, 6.45) is 2.43. The summed E-state index contributed by atoms with van der Waals surface area (Å²) in [6, 6.07) is 0. The second kappa shape index (κ2) is 6.63. The molecular formula is C12H20N4O3. The first-order valence-electron chi connectivity index (χ1n) is 6.62. The van der Waals surface area contributed by atoms with E-state index in [0.29, 0.717) is 18.7 Å². The Bertz CT molecular complexity index is 421. The molecule has 1 unspecified atom stereocenters. The van der Waals surface area contributed by atoms with E-state index in [9.17, 15) is 4.79 Å². The minimum Gasteiger partial charge on any atom is -0.481 e. The maximum atomic E-state index is 10.5. The van der Waals surface area contributed by atoms with Crippen molar-refractivity contribution in [3.05, 3.63) is 11.9 Å². The Morgan fingerprint density at radius 3 is 3.21 bits per heavy atom. The molecule has 0 aromatic carbocycles. The Kier molecular flexibility index (Phi) is 4.86. The normalized spacial score (nSPS) is 20.6. The van der Waals surface area contributed by atoms with Crippen molar-refractivity contribution in [2.45, 2.75) is 32.4 Å². The van der Waals surface area contributed by atoms with Crippen LogP contribution in [0.2, 0.25) is 0 Å². The van der Waals surface area contributed by atoms with Gasteiger partial charge in [0, 0.05) is 25.7 Å². The molecule has 1 aromatic heterocycles. The molecule has 0 radical (unpaired) electrons. The number of rotatable bonds is 6. The highest BCUT2D eigenvalue weighted by Crippen LogP contribution is 2.07. The van der Waals surface area contributed by atoms with E-state index >= 15 is 0 Å². The lowest BCUT2D eigenvalue weighted by atomic mass is 10.2. The molecule has 0 bridgehead atoms. The fourth-order valence-corrected chi connectivity index (χ4v) is 2.16. The van der Waals surface area contributed by atoms with Gasteiger partial charge in [0.05, 0.1) is 31.4 Å². The molecule has 1 aromatic rings. The van der Waals surface area contributed by atoms with Crippen molar-refractivity contribution in [3.8, 4) is 0 Å². The lowest BCUT2D eigenvalue weighted by Gasteiger charge is -2.31.